The van der Waals surface area contributed by atoms with E-state index >= 15 is 0 Å². The van der Waals surface area contributed by atoms with Crippen molar-refractivity contribution in [1.82, 2.24) is 5.32 Å². The number of hydrogen-bond donors (Lipinski definition) is 0. The van der Waals surface area contributed by atoms with Gasteiger partial charge in [0.15, 0.2) is 0 Å². The van der Waals surface area contributed by atoms with E-state index in [2.05, 4.69) is 10.2 Å². The minimum absolute atomic E-state index is 0.176. The van der Waals surface area contributed by atoms with Gasteiger partial charge in [-0.1, -0.05) is 11.6 Å². The van der Waals surface area contributed by atoms with Gasteiger partial charge in [0.2, 0.25) is 0 Å². The van der Waals surface area contributed by atoms with Crippen LogP contribution in [0.25, 0.3) is 0 Å². The molecule has 1 heterocycles. The number of nitrogens with zero attached hydrogens (tertiary/aromatic N) is 2. The number of anilines is 1. The quantitative estimate of drug-likeness (QED) is 0.697. The lowest BCUT2D eigenvalue weighted by Crippen LogP contribution is -2.40. The zero-order chi connectivity index (χ0) is 9.97. The first kappa shape index (κ1) is 9.74. The smallest absolute Gasteiger partial charge is 0.143 e. The summed E-state index contributed by atoms with van der Waals surface area (Å²) in [5.41, 5.74) is 0.891. The van der Waals surface area contributed by atoms with Crippen LogP contribution in [-0.2, 0) is 0 Å². The van der Waals surface area contributed by atoms with E-state index in [1.807, 2.05) is 6.07 Å². The van der Waals surface area contributed by atoms with Gasteiger partial charge in [-0.3, -0.25) is 0 Å². The summed E-state index contributed by atoms with van der Waals surface area (Å²) >= 11 is 5.61. The van der Waals surface area contributed by atoms with Crippen molar-refractivity contribution in [3.63, 3.8) is 0 Å². The molecule has 1 saturated heterocycles. The van der Waals surface area contributed by atoms with E-state index in [4.69, 9.17) is 11.6 Å². The lowest BCUT2D eigenvalue weighted by molar-refractivity contribution is 0.575. The van der Waals surface area contributed by atoms with Crippen LogP contribution in [0.2, 0.25) is 5.02 Å². The number of rotatable bonds is 1. The summed E-state index contributed by atoms with van der Waals surface area (Å²) in [7, 11) is 0. The fourth-order valence-electron chi connectivity index (χ4n) is 1.55. The molecule has 2 rings (SSSR count). The third kappa shape index (κ3) is 1.99. The second kappa shape index (κ2) is 4.15. The molecule has 0 N–H and O–H groups in total. The predicted molar refractivity (Wildman–Crippen MR) is 55.5 cm³/mol. The lowest BCUT2D eigenvalue weighted by atomic mass is 10.2. The molecule has 75 valence electrons. The van der Waals surface area contributed by atoms with E-state index in [1.165, 1.54) is 6.07 Å². The number of piperazine rings is 1. The maximum atomic E-state index is 13.2. The maximum absolute atomic E-state index is 13.2. The second-order valence-corrected chi connectivity index (χ2v) is 3.66. The summed E-state index contributed by atoms with van der Waals surface area (Å²) in [4.78, 5) is 2.12. The second-order valence-electron chi connectivity index (χ2n) is 3.26. The molecule has 4 heteroatoms. The Hall–Kier alpha value is -0.800. The van der Waals surface area contributed by atoms with Gasteiger partial charge in [-0.25, -0.2) is 9.71 Å². The van der Waals surface area contributed by atoms with Gasteiger partial charge < -0.3 is 4.90 Å². The van der Waals surface area contributed by atoms with Crippen molar-refractivity contribution in [2.75, 3.05) is 31.1 Å². The normalized spacial score (nSPS) is 17.1. The van der Waals surface area contributed by atoms with Crippen LogP contribution in [0.5, 0.6) is 0 Å². The standard InChI is InChI=1S/C10H11ClFN2/c11-9-2-1-8(7-10(9)12)14-5-3-13-4-6-14/h1-2,7H,3-6H2. The Kier molecular flexibility index (Phi) is 2.89. The van der Waals surface area contributed by atoms with Crippen molar-refractivity contribution in [3.8, 4) is 0 Å². The average molecular weight is 214 g/mol. The topological polar surface area (TPSA) is 17.3 Å². The molecule has 0 bridgehead atoms. The summed E-state index contributed by atoms with van der Waals surface area (Å²) in [6.45, 7) is 3.37. The molecule has 1 aromatic carbocycles. The molecular weight excluding hydrogens is 203 g/mol. The fraction of sp³-hybridized carbons (Fsp3) is 0.400. The van der Waals surface area contributed by atoms with Crippen LogP contribution in [0.1, 0.15) is 0 Å². The molecule has 0 atom stereocenters. The summed E-state index contributed by atoms with van der Waals surface area (Å²) in [6, 6.07) is 4.92. The third-order valence-electron chi connectivity index (χ3n) is 2.32. The molecule has 0 saturated carbocycles. The molecule has 0 spiro atoms. The maximum Gasteiger partial charge on any atom is 0.143 e. The molecule has 2 nitrogen and oxygen atoms in total. The molecule has 0 amide bonds. The van der Waals surface area contributed by atoms with Gasteiger partial charge in [0.05, 0.1) is 5.02 Å². The molecule has 1 aromatic rings. The molecular formula is C10H11ClFN2. The highest BCUT2D eigenvalue weighted by molar-refractivity contribution is 6.30. The van der Waals surface area contributed by atoms with Gasteiger partial charge in [0.1, 0.15) is 5.82 Å². The number of halogens is 2. The van der Waals surface area contributed by atoms with E-state index in [-0.39, 0.29) is 10.8 Å². The molecule has 0 aliphatic carbocycles. The summed E-state index contributed by atoms with van der Waals surface area (Å²) in [5, 5.41) is 4.41. The molecule has 1 fully saturated rings. The Morgan fingerprint density at radius 2 is 2.00 bits per heavy atom. The van der Waals surface area contributed by atoms with Crippen LogP contribution in [0.3, 0.4) is 0 Å². The Bertz CT molecular complexity index is 324. The number of hydrogen-bond acceptors (Lipinski definition) is 1. The average Bonchev–Trinajstić information content (AvgIpc) is 2.23. The Morgan fingerprint density at radius 1 is 1.29 bits per heavy atom. The van der Waals surface area contributed by atoms with Crippen molar-refractivity contribution in [2.24, 2.45) is 0 Å². The molecule has 1 aliphatic heterocycles. The molecule has 1 radical (unpaired) electrons. The third-order valence-corrected chi connectivity index (χ3v) is 2.63. The van der Waals surface area contributed by atoms with Gasteiger partial charge in [-0.05, 0) is 18.2 Å². The van der Waals surface area contributed by atoms with Gasteiger partial charge >= 0.3 is 0 Å². The highest BCUT2D eigenvalue weighted by atomic mass is 35.5. The van der Waals surface area contributed by atoms with E-state index in [1.54, 1.807) is 6.07 Å². The van der Waals surface area contributed by atoms with E-state index in [9.17, 15) is 4.39 Å². The zero-order valence-corrected chi connectivity index (χ0v) is 8.47. The van der Waals surface area contributed by atoms with Crippen molar-refractivity contribution < 1.29 is 4.39 Å². The van der Waals surface area contributed by atoms with Crippen LogP contribution in [0.4, 0.5) is 10.1 Å². The zero-order valence-electron chi connectivity index (χ0n) is 7.71. The summed E-state index contributed by atoms with van der Waals surface area (Å²) in [6.07, 6.45) is 0. The van der Waals surface area contributed by atoms with Crippen molar-refractivity contribution >= 4 is 17.3 Å². The van der Waals surface area contributed by atoms with Crippen LogP contribution in [0, 0.1) is 5.82 Å². The monoisotopic (exact) mass is 213 g/mol. The minimum Gasteiger partial charge on any atom is -0.369 e. The predicted octanol–water partition coefficient (Wildman–Crippen LogP) is 1.90. The van der Waals surface area contributed by atoms with Crippen LogP contribution >= 0.6 is 11.6 Å². The Labute approximate surface area is 87.7 Å². The van der Waals surface area contributed by atoms with E-state index in [0.29, 0.717) is 0 Å². The van der Waals surface area contributed by atoms with Gasteiger partial charge in [0.25, 0.3) is 0 Å². The van der Waals surface area contributed by atoms with Crippen molar-refractivity contribution in [2.45, 2.75) is 0 Å². The van der Waals surface area contributed by atoms with Crippen LogP contribution in [-0.4, -0.2) is 26.2 Å². The van der Waals surface area contributed by atoms with Gasteiger partial charge in [-0.2, -0.15) is 0 Å². The highest BCUT2D eigenvalue weighted by Crippen LogP contribution is 2.22. The summed E-state index contributed by atoms with van der Waals surface area (Å²) in [5.74, 6) is -0.355. The molecule has 1 aliphatic rings. The first-order valence-electron chi connectivity index (χ1n) is 4.60. The SMILES string of the molecule is Fc1cc(N2CC[N]CC2)ccc1Cl. The van der Waals surface area contributed by atoms with E-state index < -0.39 is 0 Å². The Morgan fingerprint density at radius 3 is 2.64 bits per heavy atom. The first-order chi connectivity index (χ1) is 6.77. The largest absolute Gasteiger partial charge is 0.369 e. The van der Waals surface area contributed by atoms with Crippen LogP contribution < -0.4 is 10.2 Å². The molecule has 14 heavy (non-hydrogen) atoms. The Balaban J connectivity index is 2.18. The van der Waals surface area contributed by atoms with E-state index in [0.717, 1.165) is 31.9 Å². The molecule has 0 aromatic heterocycles. The molecule has 0 unspecified atom stereocenters. The van der Waals surface area contributed by atoms with Crippen LogP contribution in [0.15, 0.2) is 18.2 Å². The van der Waals surface area contributed by atoms with Gasteiger partial charge in [0, 0.05) is 31.9 Å². The number of benzene rings is 1. The minimum atomic E-state index is -0.355. The first-order valence-corrected chi connectivity index (χ1v) is 4.98. The summed E-state index contributed by atoms with van der Waals surface area (Å²) < 4.78 is 13.2. The van der Waals surface area contributed by atoms with Crippen molar-refractivity contribution in [3.05, 3.63) is 29.0 Å². The van der Waals surface area contributed by atoms with Gasteiger partial charge in [-0.15, -0.1) is 0 Å². The fourth-order valence-corrected chi connectivity index (χ4v) is 1.66. The van der Waals surface area contributed by atoms with Crippen molar-refractivity contribution in [1.29, 1.82) is 0 Å². The lowest BCUT2D eigenvalue weighted by Gasteiger charge is -2.28. The highest BCUT2D eigenvalue weighted by Gasteiger charge is 2.12.